The summed E-state index contributed by atoms with van der Waals surface area (Å²) in [5, 5.41) is 4.12. The molecular formula is C20H27N3O2. The van der Waals surface area contributed by atoms with E-state index in [0.717, 1.165) is 37.3 Å². The number of nitrogens with zero attached hydrogens (tertiary/aromatic N) is 3. The van der Waals surface area contributed by atoms with E-state index in [1.807, 2.05) is 30.3 Å². The Labute approximate surface area is 149 Å². The highest BCUT2D eigenvalue weighted by Crippen LogP contribution is 2.29. The summed E-state index contributed by atoms with van der Waals surface area (Å²) in [5.74, 6) is 1.78. The summed E-state index contributed by atoms with van der Waals surface area (Å²) in [4.78, 5) is 19.5. The fraction of sp³-hybridized carbons (Fsp3) is 0.550. The van der Waals surface area contributed by atoms with Crippen LogP contribution in [0.2, 0.25) is 0 Å². The van der Waals surface area contributed by atoms with Crippen LogP contribution in [0.15, 0.2) is 34.9 Å². The second-order valence-corrected chi connectivity index (χ2v) is 7.92. The minimum atomic E-state index is -0.115. The maximum atomic E-state index is 12.6. The predicted octanol–water partition coefficient (Wildman–Crippen LogP) is 4.02. The van der Waals surface area contributed by atoms with Crippen LogP contribution in [0.1, 0.15) is 68.7 Å². The van der Waals surface area contributed by atoms with Crippen molar-refractivity contribution in [2.75, 3.05) is 13.1 Å². The van der Waals surface area contributed by atoms with E-state index in [1.54, 1.807) is 0 Å². The smallest absolute Gasteiger partial charge is 0.243 e. The molecule has 3 rings (SSSR count). The molecule has 5 nitrogen and oxygen atoms in total. The second kappa shape index (κ2) is 7.08. The molecule has 0 spiro atoms. The first-order valence-corrected chi connectivity index (χ1v) is 9.03. The lowest BCUT2D eigenvalue weighted by Gasteiger charge is -2.34. The molecule has 2 aromatic rings. The molecule has 1 saturated heterocycles. The van der Waals surface area contributed by atoms with Crippen molar-refractivity contribution in [1.82, 2.24) is 15.0 Å². The van der Waals surface area contributed by atoms with Gasteiger partial charge in [-0.1, -0.05) is 56.3 Å². The van der Waals surface area contributed by atoms with Gasteiger partial charge in [-0.3, -0.25) is 9.69 Å². The Kier molecular flexibility index (Phi) is 5.04. The summed E-state index contributed by atoms with van der Waals surface area (Å²) in [6.45, 7) is 10.1. The molecule has 0 radical (unpaired) electrons. The van der Waals surface area contributed by atoms with Crippen molar-refractivity contribution >= 4 is 5.78 Å². The summed E-state index contributed by atoms with van der Waals surface area (Å²) in [7, 11) is 0. The van der Waals surface area contributed by atoms with Crippen LogP contribution in [0.5, 0.6) is 0 Å². The standard InChI is InChI=1S/C20H27N3O2/c1-14(18-21-19(22-25-18)20(2,3)4)23-12-10-16(11-13-23)17(24)15-8-6-5-7-9-15/h5-9,14,16H,10-13H2,1-4H3/t14-/m1/s1. The Hall–Kier alpha value is -2.01. The van der Waals surface area contributed by atoms with Crippen LogP contribution in [0.25, 0.3) is 0 Å². The van der Waals surface area contributed by atoms with Gasteiger partial charge < -0.3 is 4.52 Å². The van der Waals surface area contributed by atoms with Crippen LogP contribution in [0, 0.1) is 5.92 Å². The fourth-order valence-corrected chi connectivity index (χ4v) is 3.25. The third-order valence-corrected chi connectivity index (χ3v) is 4.98. The summed E-state index contributed by atoms with van der Waals surface area (Å²) < 4.78 is 5.48. The summed E-state index contributed by atoms with van der Waals surface area (Å²) in [6.07, 6.45) is 1.75. The molecule has 1 aliphatic rings. The zero-order chi connectivity index (χ0) is 18.0. The third-order valence-electron chi connectivity index (χ3n) is 4.98. The molecule has 1 atom stereocenters. The first kappa shape index (κ1) is 17.8. The van der Waals surface area contributed by atoms with Gasteiger partial charge in [-0.05, 0) is 32.9 Å². The molecule has 0 amide bonds. The van der Waals surface area contributed by atoms with Crippen LogP contribution < -0.4 is 0 Å². The van der Waals surface area contributed by atoms with Gasteiger partial charge in [0, 0.05) is 16.9 Å². The molecule has 0 saturated carbocycles. The normalized spacial score (nSPS) is 18.2. The van der Waals surface area contributed by atoms with Crippen LogP contribution in [-0.2, 0) is 5.41 Å². The molecular weight excluding hydrogens is 314 g/mol. The number of benzene rings is 1. The number of rotatable bonds is 4. The highest BCUT2D eigenvalue weighted by atomic mass is 16.5. The van der Waals surface area contributed by atoms with Crippen molar-refractivity contribution in [3.63, 3.8) is 0 Å². The molecule has 1 aromatic heterocycles. The number of carbonyl (C=O) groups excluding carboxylic acids is 1. The second-order valence-electron chi connectivity index (χ2n) is 7.92. The highest BCUT2D eigenvalue weighted by Gasteiger charge is 2.31. The topological polar surface area (TPSA) is 59.2 Å². The maximum absolute atomic E-state index is 12.6. The van der Waals surface area contributed by atoms with Crippen LogP contribution >= 0.6 is 0 Å². The molecule has 5 heteroatoms. The van der Waals surface area contributed by atoms with E-state index >= 15 is 0 Å². The number of piperidine rings is 1. The van der Waals surface area contributed by atoms with E-state index in [2.05, 4.69) is 42.7 Å². The molecule has 25 heavy (non-hydrogen) atoms. The maximum Gasteiger partial charge on any atom is 0.243 e. The van der Waals surface area contributed by atoms with Crippen molar-refractivity contribution in [2.45, 2.75) is 52.0 Å². The average Bonchev–Trinajstić information content (AvgIpc) is 3.12. The van der Waals surface area contributed by atoms with Crippen LogP contribution in [-0.4, -0.2) is 33.9 Å². The van der Waals surface area contributed by atoms with Crippen molar-refractivity contribution in [3.05, 3.63) is 47.6 Å². The van der Waals surface area contributed by atoms with Gasteiger partial charge >= 0.3 is 0 Å². The third kappa shape index (κ3) is 3.98. The van der Waals surface area contributed by atoms with E-state index in [1.165, 1.54) is 0 Å². The van der Waals surface area contributed by atoms with Gasteiger partial charge in [0.05, 0.1) is 6.04 Å². The lowest BCUT2D eigenvalue weighted by molar-refractivity contribution is 0.0774. The number of Topliss-reactive ketones (excluding diaryl/α,β-unsaturated/α-hetero) is 1. The molecule has 134 valence electrons. The van der Waals surface area contributed by atoms with E-state index in [9.17, 15) is 4.79 Å². The quantitative estimate of drug-likeness (QED) is 0.786. The predicted molar refractivity (Wildman–Crippen MR) is 96.5 cm³/mol. The number of likely N-dealkylation sites (tertiary alicyclic amines) is 1. The van der Waals surface area contributed by atoms with Crippen molar-refractivity contribution in [1.29, 1.82) is 0 Å². The van der Waals surface area contributed by atoms with E-state index in [0.29, 0.717) is 5.89 Å². The molecule has 0 aliphatic carbocycles. The minimum absolute atomic E-state index is 0.0800. The largest absolute Gasteiger partial charge is 0.338 e. The van der Waals surface area contributed by atoms with Gasteiger partial charge in [0.25, 0.3) is 0 Å². The first-order valence-electron chi connectivity index (χ1n) is 9.03. The van der Waals surface area contributed by atoms with Crippen LogP contribution in [0.3, 0.4) is 0 Å². The van der Waals surface area contributed by atoms with Gasteiger partial charge in [-0.15, -0.1) is 0 Å². The number of hydrogen-bond acceptors (Lipinski definition) is 5. The van der Waals surface area contributed by atoms with E-state index < -0.39 is 0 Å². The first-order chi connectivity index (χ1) is 11.9. The Bertz CT molecular complexity index is 710. The molecule has 1 aromatic carbocycles. The number of ketones is 1. The van der Waals surface area contributed by atoms with Crippen molar-refractivity contribution in [3.8, 4) is 0 Å². The highest BCUT2D eigenvalue weighted by molar-refractivity contribution is 5.97. The fourth-order valence-electron chi connectivity index (χ4n) is 3.25. The Morgan fingerprint density at radius 3 is 2.40 bits per heavy atom. The van der Waals surface area contributed by atoms with Crippen molar-refractivity contribution in [2.24, 2.45) is 5.92 Å². The van der Waals surface area contributed by atoms with Gasteiger partial charge in [0.15, 0.2) is 11.6 Å². The van der Waals surface area contributed by atoms with Gasteiger partial charge in [-0.25, -0.2) is 0 Å². The van der Waals surface area contributed by atoms with Crippen LogP contribution in [0.4, 0.5) is 0 Å². The van der Waals surface area contributed by atoms with Gasteiger partial charge in [0.1, 0.15) is 0 Å². The number of hydrogen-bond donors (Lipinski definition) is 0. The molecule has 0 bridgehead atoms. The van der Waals surface area contributed by atoms with E-state index in [-0.39, 0.29) is 23.2 Å². The SMILES string of the molecule is C[C@H](c1nc(C(C)(C)C)no1)N1CCC(C(=O)c2ccccc2)CC1. The average molecular weight is 341 g/mol. The molecule has 0 N–H and O–H groups in total. The molecule has 1 aliphatic heterocycles. The Balaban J connectivity index is 1.60. The molecule has 1 fully saturated rings. The minimum Gasteiger partial charge on any atom is -0.338 e. The number of aromatic nitrogens is 2. The lowest BCUT2D eigenvalue weighted by atomic mass is 9.88. The number of carbonyl (C=O) groups is 1. The monoisotopic (exact) mass is 341 g/mol. The van der Waals surface area contributed by atoms with Crippen molar-refractivity contribution < 1.29 is 9.32 Å². The summed E-state index contributed by atoms with van der Waals surface area (Å²) >= 11 is 0. The van der Waals surface area contributed by atoms with E-state index in [4.69, 9.17) is 4.52 Å². The Morgan fingerprint density at radius 1 is 1.20 bits per heavy atom. The van der Waals surface area contributed by atoms with Gasteiger partial charge in [0.2, 0.25) is 5.89 Å². The molecule has 2 heterocycles. The Morgan fingerprint density at radius 2 is 1.84 bits per heavy atom. The summed E-state index contributed by atoms with van der Waals surface area (Å²) in [5.41, 5.74) is 0.706. The lowest BCUT2D eigenvalue weighted by Crippen LogP contribution is -2.38. The zero-order valence-electron chi connectivity index (χ0n) is 15.5. The zero-order valence-corrected chi connectivity index (χ0v) is 15.5. The summed E-state index contributed by atoms with van der Waals surface area (Å²) in [6, 6.07) is 9.68. The van der Waals surface area contributed by atoms with Gasteiger partial charge in [-0.2, -0.15) is 4.98 Å². The molecule has 0 unspecified atom stereocenters.